The Labute approximate surface area is 125 Å². The molecule has 6 heteroatoms. The van der Waals surface area contributed by atoms with E-state index in [2.05, 4.69) is 4.90 Å². The van der Waals surface area contributed by atoms with E-state index in [1.807, 2.05) is 0 Å². The van der Waals surface area contributed by atoms with E-state index in [1.165, 1.54) is 6.92 Å². The number of aliphatic hydroxyl groups is 3. The van der Waals surface area contributed by atoms with Gasteiger partial charge in [0.25, 0.3) is 0 Å². The van der Waals surface area contributed by atoms with Gasteiger partial charge in [-0.05, 0) is 32.2 Å². The summed E-state index contributed by atoms with van der Waals surface area (Å²) in [6.07, 6.45) is 0.0850. The van der Waals surface area contributed by atoms with Crippen LogP contribution in [0.3, 0.4) is 0 Å². The summed E-state index contributed by atoms with van der Waals surface area (Å²) in [6.45, 7) is 6.71. The molecule has 2 aliphatic heterocycles. The lowest BCUT2D eigenvalue weighted by Crippen LogP contribution is -2.53. The third-order valence-corrected chi connectivity index (χ3v) is 5.07. The van der Waals surface area contributed by atoms with Gasteiger partial charge in [0.2, 0.25) is 0 Å². The van der Waals surface area contributed by atoms with Crippen molar-refractivity contribution < 1.29 is 24.9 Å². The van der Waals surface area contributed by atoms with Gasteiger partial charge in [-0.25, -0.2) is 4.79 Å². The second kappa shape index (κ2) is 6.20. The minimum absolute atomic E-state index is 0.0523. The second-order valence-corrected chi connectivity index (χ2v) is 6.69. The Bertz CT molecular complexity index is 376. The number of hydrogen-bond acceptors (Lipinski definition) is 6. The van der Waals surface area contributed by atoms with Gasteiger partial charge in [-0.1, -0.05) is 13.8 Å². The lowest BCUT2D eigenvalue weighted by atomic mass is 9.85. The number of fused-ring (bicyclic) bond motifs is 1. The average molecular weight is 301 g/mol. The number of aliphatic hydroxyl groups excluding tert-OH is 2. The van der Waals surface area contributed by atoms with Crippen LogP contribution in [0.2, 0.25) is 0 Å². The average Bonchev–Trinajstić information content (AvgIpc) is 2.98. The highest BCUT2D eigenvalue weighted by molar-refractivity contribution is 5.80. The van der Waals surface area contributed by atoms with Gasteiger partial charge in [0.15, 0.2) is 5.60 Å². The Hall–Kier alpha value is -0.690. The monoisotopic (exact) mass is 301 g/mol. The maximum Gasteiger partial charge on any atom is 0.341 e. The van der Waals surface area contributed by atoms with Crippen molar-refractivity contribution in [2.24, 2.45) is 11.8 Å². The molecule has 3 N–H and O–H groups in total. The zero-order valence-electron chi connectivity index (χ0n) is 13.0. The molecule has 2 rings (SSSR count). The van der Waals surface area contributed by atoms with Gasteiger partial charge < -0.3 is 20.1 Å². The summed E-state index contributed by atoms with van der Waals surface area (Å²) in [5, 5.41) is 30.1. The van der Waals surface area contributed by atoms with Crippen molar-refractivity contribution in [2.75, 3.05) is 19.7 Å². The van der Waals surface area contributed by atoms with E-state index in [1.54, 1.807) is 13.8 Å². The zero-order valence-corrected chi connectivity index (χ0v) is 13.0. The highest BCUT2D eigenvalue weighted by Gasteiger charge is 2.47. The van der Waals surface area contributed by atoms with Crippen LogP contribution in [0, 0.1) is 11.8 Å². The van der Waals surface area contributed by atoms with E-state index < -0.39 is 23.6 Å². The first-order valence-electron chi connectivity index (χ1n) is 7.78. The summed E-state index contributed by atoms with van der Waals surface area (Å²) < 4.78 is 5.28. The van der Waals surface area contributed by atoms with E-state index in [0.29, 0.717) is 0 Å². The Morgan fingerprint density at radius 1 is 1.33 bits per heavy atom. The summed E-state index contributed by atoms with van der Waals surface area (Å²) in [5.41, 5.74) is -1.88. The molecule has 6 nitrogen and oxygen atoms in total. The summed E-state index contributed by atoms with van der Waals surface area (Å²) in [5.74, 6) is -1.13. The van der Waals surface area contributed by atoms with Crippen LogP contribution >= 0.6 is 0 Å². The summed E-state index contributed by atoms with van der Waals surface area (Å²) in [4.78, 5) is 14.4. The molecule has 0 bridgehead atoms. The van der Waals surface area contributed by atoms with Crippen molar-refractivity contribution in [3.8, 4) is 0 Å². The van der Waals surface area contributed by atoms with Gasteiger partial charge in [-0.3, -0.25) is 4.90 Å². The molecule has 21 heavy (non-hydrogen) atoms. The maximum atomic E-state index is 12.2. The molecule has 0 radical (unpaired) electrons. The molecule has 2 heterocycles. The largest absolute Gasteiger partial charge is 0.463 e. The topological polar surface area (TPSA) is 90.2 Å². The molecule has 0 aromatic heterocycles. The fourth-order valence-electron chi connectivity index (χ4n) is 3.61. The highest BCUT2D eigenvalue weighted by Crippen LogP contribution is 2.33. The number of carbonyl (C=O) groups is 1. The Morgan fingerprint density at radius 2 is 1.95 bits per heavy atom. The molecule has 0 aromatic carbocycles. The van der Waals surface area contributed by atoms with Crippen LogP contribution in [0.4, 0.5) is 0 Å². The molecule has 0 aliphatic carbocycles. The molecule has 0 aromatic rings. The number of esters is 1. The molecule has 0 amide bonds. The van der Waals surface area contributed by atoms with Crippen LogP contribution in [0.5, 0.6) is 0 Å². The van der Waals surface area contributed by atoms with Crippen molar-refractivity contribution in [1.82, 2.24) is 4.90 Å². The lowest BCUT2D eigenvalue weighted by molar-refractivity contribution is -0.186. The molecule has 2 fully saturated rings. The number of nitrogens with zero attached hydrogens (tertiary/aromatic N) is 1. The van der Waals surface area contributed by atoms with Gasteiger partial charge in [-0.2, -0.15) is 0 Å². The molecular weight excluding hydrogens is 274 g/mol. The molecule has 122 valence electrons. The van der Waals surface area contributed by atoms with E-state index in [9.17, 15) is 20.1 Å². The molecule has 5 atom stereocenters. The molecule has 2 saturated heterocycles. The number of rotatable bonds is 5. The minimum Gasteiger partial charge on any atom is -0.463 e. The normalized spacial score (nSPS) is 33.8. The van der Waals surface area contributed by atoms with Crippen molar-refractivity contribution >= 4 is 5.97 Å². The Morgan fingerprint density at radius 3 is 2.52 bits per heavy atom. The van der Waals surface area contributed by atoms with E-state index in [-0.39, 0.29) is 24.7 Å². The van der Waals surface area contributed by atoms with Crippen LogP contribution in [0.15, 0.2) is 0 Å². The predicted octanol–water partition coefficient (Wildman–Crippen LogP) is -0.247. The third kappa shape index (κ3) is 2.95. The summed E-state index contributed by atoms with van der Waals surface area (Å²) >= 11 is 0. The quantitative estimate of drug-likeness (QED) is 0.607. The first-order chi connectivity index (χ1) is 9.78. The molecular formula is C15H27NO5. The fraction of sp³-hybridized carbons (Fsp3) is 0.933. The van der Waals surface area contributed by atoms with Crippen molar-refractivity contribution in [3.05, 3.63) is 0 Å². The molecule has 2 aliphatic rings. The first kappa shape index (κ1) is 16.7. The predicted molar refractivity (Wildman–Crippen MR) is 76.5 cm³/mol. The van der Waals surface area contributed by atoms with Crippen molar-refractivity contribution in [2.45, 2.75) is 57.5 Å². The zero-order chi connectivity index (χ0) is 15.8. The van der Waals surface area contributed by atoms with Crippen LogP contribution in [0.1, 0.15) is 33.6 Å². The SMILES string of the molecule is CC(C)[C@](O)(C(=O)OC[C@@H]1CCN2CC[C@@H](O)[C@H]12)[C@@H](C)O. The number of ether oxygens (including phenoxy) is 1. The van der Waals surface area contributed by atoms with E-state index >= 15 is 0 Å². The highest BCUT2D eigenvalue weighted by atomic mass is 16.6. The van der Waals surface area contributed by atoms with Gasteiger partial charge in [0.1, 0.15) is 0 Å². The fourth-order valence-corrected chi connectivity index (χ4v) is 3.61. The van der Waals surface area contributed by atoms with Crippen LogP contribution in [0.25, 0.3) is 0 Å². The molecule has 0 unspecified atom stereocenters. The number of carbonyl (C=O) groups excluding carboxylic acids is 1. The van der Waals surface area contributed by atoms with Crippen LogP contribution < -0.4 is 0 Å². The smallest absolute Gasteiger partial charge is 0.341 e. The van der Waals surface area contributed by atoms with Gasteiger partial charge in [0.05, 0.1) is 18.8 Å². The van der Waals surface area contributed by atoms with Gasteiger partial charge in [0, 0.05) is 18.5 Å². The van der Waals surface area contributed by atoms with Crippen molar-refractivity contribution in [3.63, 3.8) is 0 Å². The summed E-state index contributed by atoms with van der Waals surface area (Å²) in [7, 11) is 0. The van der Waals surface area contributed by atoms with Crippen molar-refractivity contribution in [1.29, 1.82) is 0 Å². The lowest BCUT2D eigenvalue weighted by Gasteiger charge is -2.33. The summed E-state index contributed by atoms with van der Waals surface area (Å²) in [6, 6.07) is 0.0523. The Kier molecular flexibility index (Phi) is 4.92. The van der Waals surface area contributed by atoms with E-state index in [4.69, 9.17) is 4.74 Å². The van der Waals surface area contributed by atoms with Crippen LogP contribution in [-0.4, -0.2) is 69.7 Å². The molecule has 0 saturated carbocycles. The molecule has 0 spiro atoms. The minimum atomic E-state index is -1.88. The number of hydrogen-bond donors (Lipinski definition) is 3. The first-order valence-corrected chi connectivity index (χ1v) is 7.78. The van der Waals surface area contributed by atoms with Crippen LogP contribution in [-0.2, 0) is 9.53 Å². The van der Waals surface area contributed by atoms with Gasteiger partial charge in [-0.15, -0.1) is 0 Å². The maximum absolute atomic E-state index is 12.2. The third-order valence-electron chi connectivity index (χ3n) is 5.07. The standard InChI is InChI=1S/C15H27NO5/c1-9(2)15(20,10(3)17)14(19)21-8-11-4-6-16-7-5-12(18)13(11)16/h9-13,17-18,20H,4-8H2,1-3H3/t10-,11+,12-,13+,15-/m1/s1. The Balaban J connectivity index is 1.95. The van der Waals surface area contributed by atoms with Gasteiger partial charge >= 0.3 is 5.97 Å². The second-order valence-electron chi connectivity index (χ2n) is 6.69. The van der Waals surface area contributed by atoms with E-state index in [0.717, 1.165) is 25.9 Å².